The Morgan fingerprint density at radius 2 is 1.72 bits per heavy atom. The number of benzene rings is 3. The Hall–Kier alpha value is -3.06. The lowest BCUT2D eigenvalue weighted by Crippen LogP contribution is -2.37. The van der Waals surface area contributed by atoms with Gasteiger partial charge in [0.2, 0.25) is 9.84 Å². The van der Waals surface area contributed by atoms with Crippen molar-refractivity contribution in [3.8, 4) is 0 Å². The second-order valence-electron chi connectivity index (χ2n) is 9.94. The summed E-state index contributed by atoms with van der Waals surface area (Å²) in [4.78, 5) is 6.47. The molecule has 184 valence electrons. The van der Waals surface area contributed by atoms with Crippen molar-refractivity contribution in [2.24, 2.45) is 7.05 Å². The summed E-state index contributed by atoms with van der Waals surface area (Å²) >= 11 is 0. The third-order valence-corrected chi connectivity index (χ3v) is 9.84. The number of aromatic amines is 1. The highest BCUT2D eigenvalue weighted by Crippen LogP contribution is 2.48. The van der Waals surface area contributed by atoms with Gasteiger partial charge in [-0.1, -0.05) is 30.3 Å². The molecular formula is C29H28ClN3O2S. The fraction of sp³-hybridized carbons (Fsp3) is 0.241. The summed E-state index contributed by atoms with van der Waals surface area (Å²) in [5.74, 6) is 0. The summed E-state index contributed by atoms with van der Waals surface area (Å²) in [5, 5.41) is 1.98. The number of H-pyrrole nitrogens is 1. The van der Waals surface area contributed by atoms with E-state index in [2.05, 4.69) is 51.8 Å². The van der Waals surface area contributed by atoms with E-state index >= 15 is 0 Å². The molecule has 2 aliphatic rings. The van der Waals surface area contributed by atoms with Crippen LogP contribution in [0.3, 0.4) is 0 Å². The topological polar surface area (TPSA) is 58.1 Å². The number of sulfone groups is 1. The summed E-state index contributed by atoms with van der Waals surface area (Å²) < 4.78 is 29.6. The number of nitrogens with one attached hydrogen (secondary N) is 1. The highest BCUT2D eigenvalue weighted by atomic mass is 35.5. The molecule has 0 radical (unpaired) electrons. The molecule has 7 rings (SSSR count). The van der Waals surface area contributed by atoms with E-state index in [9.17, 15) is 8.42 Å². The second kappa shape index (κ2) is 8.51. The Kier molecular flexibility index (Phi) is 5.52. The fourth-order valence-corrected chi connectivity index (χ4v) is 7.67. The molecule has 5 aromatic rings. The molecule has 5 nitrogen and oxygen atoms in total. The van der Waals surface area contributed by atoms with Crippen LogP contribution in [0.25, 0.3) is 21.8 Å². The molecule has 36 heavy (non-hydrogen) atoms. The highest BCUT2D eigenvalue weighted by molar-refractivity contribution is 7.91. The summed E-state index contributed by atoms with van der Waals surface area (Å²) in [6.45, 7) is 0.931. The zero-order chi connectivity index (χ0) is 23.7. The minimum absolute atomic E-state index is 0. The maximum Gasteiger partial charge on any atom is 0.206 e. The quantitative estimate of drug-likeness (QED) is 0.310. The van der Waals surface area contributed by atoms with Crippen molar-refractivity contribution in [3.63, 3.8) is 0 Å². The van der Waals surface area contributed by atoms with Gasteiger partial charge in [-0.15, -0.1) is 12.4 Å². The van der Waals surface area contributed by atoms with Crippen LogP contribution < -0.4 is 0 Å². The molecule has 2 unspecified atom stereocenters. The number of fused-ring (bicyclic) bond motifs is 7. The average molecular weight is 518 g/mol. The van der Waals surface area contributed by atoms with Crippen molar-refractivity contribution in [2.75, 3.05) is 0 Å². The van der Waals surface area contributed by atoms with Gasteiger partial charge in [0.1, 0.15) is 0 Å². The van der Waals surface area contributed by atoms with Gasteiger partial charge in [0.05, 0.1) is 9.79 Å². The van der Waals surface area contributed by atoms with Gasteiger partial charge < -0.3 is 9.55 Å². The molecule has 3 aromatic carbocycles. The van der Waals surface area contributed by atoms with E-state index in [1.807, 2.05) is 30.5 Å². The Morgan fingerprint density at radius 1 is 0.944 bits per heavy atom. The largest absolute Gasteiger partial charge is 0.361 e. The van der Waals surface area contributed by atoms with Gasteiger partial charge in [-0.25, -0.2) is 8.42 Å². The van der Waals surface area contributed by atoms with Crippen LogP contribution in [0.1, 0.15) is 35.7 Å². The van der Waals surface area contributed by atoms with Crippen LogP contribution >= 0.6 is 12.4 Å². The van der Waals surface area contributed by atoms with Crippen LogP contribution in [0.2, 0.25) is 0 Å². The van der Waals surface area contributed by atoms with Crippen LogP contribution in [-0.2, 0) is 29.9 Å². The minimum Gasteiger partial charge on any atom is -0.361 e. The van der Waals surface area contributed by atoms with Crippen LogP contribution in [0.4, 0.5) is 0 Å². The number of rotatable bonds is 4. The predicted octanol–water partition coefficient (Wildman–Crippen LogP) is 6.18. The van der Waals surface area contributed by atoms with Crippen LogP contribution in [0.15, 0.2) is 88.8 Å². The molecule has 2 aromatic heterocycles. The van der Waals surface area contributed by atoms with E-state index in [4.69, 9.17) is 0 Å². The lowest BCUT2D eigenvalue weighted by atomic mass is 9.96. The first-order chi connectivity index (χ1) is 17.0. The fourth-order valence-electron chi connectivity index (χ4n) is 6.35. The molecule has 0 amide bonds. The number of hydrogen-bond acceptors (Lipinski definition) is 3. The zero-order valence-corrected chi connectivity index (χ0v) is 21.6. The smallest absolute Gasteiger partial charge is 0.206 e. The lowest BCUT2D eigenvalue weighted by Gasteiger charge is -2.35. The van der Waals surface area contributed by atoms with Crippen LogP contribution in [0, 0.1) is 0 Å². The van der Waals surface area contributed by atoms with Crippen molar-refractivity contribution < 1.29 is 8.42 Å². The Morgan fingerprint density at radius 3 is 2.56 bits per heavy atom. The van der Waals surface area contributed by atoms with Crippen molar-refractivity contribution in [1.29, 1.82) is 0 Å². The highest BCUT2D eigenvalue weighted by Gasteiger charge is 2.42. The van der Waals surface area contributed by atoms with E-state index in [-0.39, 0.29) is 12.4 Å². The van der Waals surface area contributed by atoms with Crippen molar-refractivity contribution >= 4 is 44.1 Å². The monoisotopic (exact) mass is 517 g/mol. The third-order valence-electron chi connectivity index (χ3n) is 8.09. The predicted molar refractivity (Wildman–Crippen MR) is 145 cm³/mol. The first-order valence-corrected chi connectivity index (χ1v) is 13.7. The van der Waals surface area contributed by atoms with E-state index in [1.54, 1.807) is 18.2 Å². The van der Waals surface area contributed by atoms with Gasteiger partial charge in [-0.2, -0.15) is 0 Å². The van der Waals surface area contributed by atoms with E-state index in [1.165, 1.54) is 23.2 Å². The molecule has 7 heteroatoms. The molecule has 2 atom stereocenters. The number of nitrogens with zero attached hydrogens (tertiary/aromatic N) is 2. The van der Waals surface area contributed by atoms with Crippen molar-refractivity contribution in [3.05, 3.63) is 95.8 Å². The first-order valence-electron chi connectivity index (χ1n) is 12.2. The Balaban J connectivity index is 0.00000240. The molecule has 0 saturated carbocycles. The van der Waals surface area contributed by atoms with Crippen LogP contribution in [0.5, 0.6) is 0 Å². The second-order valence-corrected chi connectivity index (χ2v) is 11.9. The van der Waals surface area contributed by atoms with Crippen LogP contribution in [-0.4, -0.2) is 28.9 Å². The minimum atomic E-state index is -3.63. The lowest BCUT2D eigenvalue weighted by molar-refractivity contribution is 0.167. The summed E-state index contributed by atoms with van der Waals surface area (Å²) in [7, 11) is -1.50. The molecule has 0 aliphatic carbocycles. The van der Waals surface area contributed by atoms with Gasteiger partial charge in [0.25, 0.3) is 0 Å². The standard InChI is InChI=1S/C29H27N3O2S.ClH/c1-31-26-12-9-23(35(33,34)22-8-10-25-20(15-22)13-14-30-25)17-24(26)29-27-11-7-21(16-28(29)31)32(27)18-19-5-3-2-4-6-19;/h2-6,8-10,12-15,17,21,27,30H,7,11,16,18H2,1H3;1H. The normalized spacial score (nSPS) is 19.5. The number of hydrogen-bond donors (Lipinski definition) is 1. The van der Waals surface area contributed by atoms with Gasteiger partial charge in [0, 0.05) is 65.8 Å². The Bertz CT molecular complexity index is 1710. The first kappa shape index (κ1) is 23.3. The average Bonchev–Trinajstić information content (AvgIpc) is 3.53. The maximum absolute atomic E-state index is 13.7. The molecule has 1 N–H and O–H groups in total. The van der Waals surface area contributed by atoms with E-state index in [0.29, 0.717) is 21.9 Å². The molecule has 0 spiro atoms. The zero-order valence-electron chi connectivity index (χ0n) is 20.0. The summed E-state index contributed by atoms with van der Waals surface area (Å²) in [6, 6.07) is 24.4. The van der Waals surface area contributed by atoms with Gasteiger partial charge in [0.15, 0.2) is 0 Å². The van der Waals surface area contributed by atoms with Gasteiger partial charge >= 0.3 is 0 Å². The van der Waals surface area contributed by atoms with E-state index in [0.717, 1.165) is 41.2 Å². The number of aromatic nitrogens is 2. The molecule has 2 bridgehead atoms. The number of aryl methyl sites for hydroxylation is 1. The Labute approximate surface area is 217 Å². The third kappa shape index (κ3) is 3.43. The molecule has 1 fully saturated rings. The summed E-state index contributed by atoms with van der Waals surface area (Å²) in [6.07, 6.45) is 5.14. The summed E-state index contributed by atoms with van der Waals surface area (Å²) in [5.41, 5.74) is 6.06. The SMILES string of the molecule is Cl.Cn1c2c(c3cc(S(=O)(=O)c4ccc5[nH]ccc5c4)ccc31)C1CCC(C2)N1Cc1ccccc1. The molecule has 1 saturated heterocycles. The van der Waals surface area contributed by atoms with Crippen molar-refractivity contribution in [2.45, 2.75) is 47.7 Å². The van der Waals surface area contributed by atoms with Crippen molar-refractivity contribution in [1.82, 2.24) is 14.5 Å². The van der Waals surface area contributed by atoms with E-state index < -0.39 is 9.84 Å². The maximum atomic E-state index is 13.7. The number of halogens is 1. The van der Waals surface area contributed by atoms with Gasteiger partial charge in [-0.05, 0) is 66.4 Å². The van der Waals surface area contributed by atoms with Gasteiger partial charge in [-0.3, -0.25) is 4.90 Å². The molecule has 2 aliphatic heterocycles. The molecular weight excluding hydrogens is 490 g/mol. The molecule has 4 heterocycles.